The van der Waals surface area contributed by atoms with Gasteiger partial charge in [0, 0.05) is 6.54 Å². The maximum atomic E-state index is 6.23. The minimum Gasteiger partial charge on any atom is -0.365 e. The molecule has 3 saturated heterocycles. The molecule has 23 heavy (non-hydrogen) atoms. The molecule has 6 rings (SSSR count). The Bertz CT molecular complexity index is 793. The smallest absolute Gasteiger partial charge is 0.189 e. The molecule has 4 aliphatic rings. The highest BCUT2D eigenvalue weighted by atomic mass is 35.5. The van der Waals surface area contributed by atoms with E-state index >= 15 is 0 Å². The number of fused-ring (bicyclic) bond motifs is 3. The van der Waals surface area contributed by atoms with Crippen molar-refractivity contribution in [2.24, 2.45) is 5.92 Å². The van der Waals surface area contributed by atoms with Crippen LogP contribution in [0.3, 0.4) is 0 Å². The van der Waals surface area contributed by atoms with Crippen LogP contribution in [0.5, 0.6) is 0 Å². The molecule has 2 N–H and O–H groups in total. The quantitative estimate of drug-likeness (QED) is 0.870. The van der Waals surface area contributed by atoms with Crippen LogP contribution >= 0.6 is 22.9 Å². The van der Waals surface area contributed by atoms with Gasteiger partial charge in [0.2, 0.25) is 0 Å². The van der Waals surface area contributed by atoms with E-state index in [9.17, 15) is 0 Å². The fourth-order valence-corrected chi connectivity index (χ4v) is 5.54. The number of nitrogens with one attached hydrogen (secondary N) is 2. The summed E-state index contributed by atoms with van der Waals surface area (Å²) in [5.41, 5.74) is 1.13. The third kappa shape index (κ3) is 2.25. The van der Waals surface area contributed by atoms with E-state index in [4.69, 9.17) is 11.6 Å². The highest BCUT2D eigenvalue weighted by Gasteiger charge is 2.48. The third-order valence-corrected chi connectivity index (χ3v) is 6.78. The average molecular weight is 347 g/mol. The largest absolute Gasteiger partial charge is 0.365 e. The molecule has 3 fully saturated rings. The van der Waals surface area contributed by atoms with Crippen molar-refractivity contribution in [3.8, 4) is 0 Å². The van der Waals surface area contributed by atoms with Gasteiger partial charge < -0.3 is 15.5 Å². The second kappa shape index (κ2) is 5.10. The maximum absolute atomic E-state index is 6.23. The van der Waals surface area contributed by atoms with E-state index in [-0.39, 0.29) is 5.54 Å². The summed E-state index contributed by atoms with van der Waals surface area (Å²) >= 11 is 7.88. The van der Waals surface area contributed by atoms with Gasteiger partial charge in [-0.15, -0.1) is 0 Å². The molecule has 1 spiro atoms. The normalized spacial score (nSPS) is 32.3. The molecule has 0 saturated carbocycles. The number of benzene rings is 1. The van der Waals surface area contributed by atoms with Gasteiger partial charge in [-0.1, -0.05) is 29.0 Å². The van der Waals surface area contributed by atoms with E-state index in [1.165, 1.54) is 32.5 Å². The first-order valence-electron chi connectivity index (χ1n) is 8.25. The molecule has 2 aromatic rings. The van der Waals surface area contributed by atoms with Gasteiger partial charge in [0.25, 0.3) is 0 Å². The molecule has 2 bridgehead atoms. The Balaban J connectivity index is 1.36. The van der Waals surface area contributed by atoms with Crippen LogP contribution in [0.25, 0.3) is 10.2 Å². The summed E-state index contributed by atoms with van der Waals surface area (Å²) in [4.78, 5) is 7.24. The van der Waals surface area contributed by atoms with Crippen molar-refractivity contribution in [1.82, 2.24) is 15.2 Å². The maximum Gasteiger partial charge on any atom is 0.189 e. The number of anilines is 1. The lowest BCUT2D eigenvalue weighted by molar-refractivity contribution is 0.0189. The predicted octanol–water partition coefficient (Wildman–Crippen LogP) is 3.66. The van der Waals surface area contributed by atoms with E-state index in [0.29, 0.717) is 5.02 Å². The summed E-state index contributed by atoms with van der Waals surface area (Å²) in [6, 6.07) is 5.93. The third-order valence-electron chi connectivity index (χ3n) is 5.54. The van der Waals surface area contributed by atoms with E-state index in [2.05, 4.69) is 32.7 Å². The summed E-state index contributed by atoms with van der Waals surface area (Å²) in [5, 5.41) is 8.88. The molecule has 0 radical (unpaired) electrons. The van der Waals surface area contributed by atoms with E-state index in [1.54, 1.807) is 11.3 Å². The number of aromatic nitrogens is 1. The first-order valence-corrected chi connectivity index (χ1v) is 9.44. The Morgan fingerprint density at radius 2 is 2.22 bits per heavy atom. The number of hydrogen-bond acceptors (Lipinski definition) is 5. The molecule has 6 heteroatoms. The van der Waals surface area contributed by atoms with Crippen molar-refractivity contribution in [3.05, 3.63) is 35.1 Å². The van der Waals surface area contributed by atoms with Gasteiger partial charge >= 0.3 is 0 Å². The molecule has 1 unspecified atom stereocenters. The molecule has 1 aromatic carbocycles. The topological polar surface area (TPSA) is 40.2 Å². The molecule has 4 aliphatic heterocycles. The predicted molar refractivity (Wildman–Crippen MR) is 96.0 cm³/mol. The number of nitrogens with zero attached hydrogens (tertiary/aromatic N) is 2. The summed E-state index contributed by atoms with van der Waals surface area (Å²) in [5.74, 6) is 1.90. The SMILES string of the molecule is Clc1cccc2sc(NC3=CCC4(CN5CCC4CC5)N3)nc12. The number of halogens is 1. The van der Waals surface area contributed by atoms with Gasteiger partial charge in [0.15, 0.2) is 5.13 Å². The van der Waals surface area contributed by atoms with Crippen LogP contribution in [0.4, 0.5) is 5.13 Å². The van der Waals surface area contributed by atoms with Crippen molar-refractivity contribution in [2.75, 3.05) is 25.0 Å². The van der Waals surface area contributed by atoms with E-state index in [0.717, 1.165) is 33.5 Å². The molecule has 0 amide bonds. The molecular weight excluding hydrogens is 328 g/mol. The van der Waals surface area contributed by atoms with Gasteiger partial charge in [-0.2, -0.15) is 0 Å². The highest BCUT2D eigenvalue weighted by Crippen LogP contribution is 2.41. The van der Waals surface area contributed by atoms with Crippen LogP contribution in [-0.4, -0.2) is 35.1 Å². The Hall–Kier alpha value is -1.30. The van der Waals surface area contributed by atoms with Crippen LogP contribution in [0.1, 0.15) is 19.3 Å². The van der Waals surface area contributed by atoms with Gasteiger partial charge in [-0.3, -0.25) is 0 Å². The van der Waals surface area contributed by atoms with Crippen molar-refractivity contribution in [3.63, 3.8) is 0 Å². The lowest BCUT2D eigenvalue weighted by Crippen LogP contribution is -2.64. The van der Waals surface area contributed by atoms with Crippen molar-refractivity contribution in [1.29, 1.82) is 0 Å². The first kappa shape index (κ1) is 14.1. The molecule has 1 aromatic heterocycles. The number of thiazole rings is 1. The second-order valence-electron chi connectivity index (χ2n) is 6.88. The second-order valence-corrected chi connectivity index (χ2v) is 8.32. The highest BCUT2D eigenvalue weighted by molar-refractivity contribution is 7.22. The molecule has 0 aliphatic carbocycles. The summed E-state index contributed by atoms with van der Waals surface area (Å²) < 4.78 is 1.12. The zero-order chi connectivity index (χ0) is 15.4. The molecule has 4 nitrogen and oxygen atoms in total. The fourth-order valence-electron chi connectivity index (χ4n) is 4.36. The van der Waals surface area contributed by atoms with Crippen molar-refractivity contribution < 1.29 is 0 Å². The lowest BCUT2D eigenvalue weighted by atomic mass is 9.72. The Morgan fingerprint density at radius 1 is 1.35 bits per heavy atom. The molecule has 5 heterocycles. The summed E-state index contributed by atoms with van der Waals surface area (Å²) in [6.07, 6.45) is 6.06. The summed E-state index contributed by atoms with van der Waals surface area (Å²) in [6.45, 7) is 3.71. The monoisotopic (exact) mass is 346 g/mol. The number of hydrogen-bond donors (Lipinski definition) is 2. The van der Waals surface area contributed by atoms with Gasteiger partial charge in [0.05, 0.1) is 15.3 Å². The van der Waals surface area contributed by atoms with Gasteiger partial charge in [-0.05, 0) is 56.5 Å². The van der Waals surface area contributed by atoms with Gasteiger partial charge in [-0.25, -0.2) is 4.98 Å². The van der Waals surface area contributed by atoms with Crippen LogP contribution in [-0.2, 0) is 0 Å². The number of piperidine rings is 3. The zero-order valence-corrected chi connectivity index (χ0v) is 14.4. The molecule has 1 atom stereocenters. The minimum atomic E-state index is 0.243. The standard InChI is InChI=1S/C17H19ClN4S/c18-12-2-1-3-13-15(12)20-16(23-13)19-14-4-7-17(21-14)10-22-8-5-11(17)6-9-22/h1-4,11,21H,5-10H2,(H,19,20). The minimum absolute atomic E-state index is 0.243. The van der Waals surface area contributed by atoms with E-state index < -0.39 is 0 Å². The van der Waals surface area contributed by atoms with Crippen LogP contribution in [0.15, 0.2) is 30.1 Å². The van der Waals surface area contributed by atoms with Crippen molar-refractivity contribution >= 4 is 38.3 Å². The Labute approximate surface area is 144 Å². The number of para-hydroxylation sites is 1. The van der Waals surface area contributed by atoms with Crippen LogP contribution in [0.2, 0.25) is 5.02 Å². The Morgan fingerprint density at radius 3 is 2.96 bits per heavy atom. The molecule has 120 valence electrons. The van der Waals surface area contributed by atoms with Crippen LogP contribution < -0.4 is 10.6 Å². The first-order chi connectivity index (χ1) is 11.2. The average Bonchev–Trinajstić information content (AvgIpc) is 3.14. The number of rotatable bonds is 2. The lowest BCUT2D eigenvalue weighted by Gasteiger charge is -2.52. The van der Waals surface area contributed by atoms with Crippen LogP contribution in [0, 0.1) is 5.92 Å². The van der Waals surface area contributed by atoms with Gasteiger partial charge in [0.1, 0.15) is 11.3 Å². The van der Waals surface area contributed by atoms with Crippen molar-refractivity contribution in [2.45, 2.75) is 24.8 Å². The fraction of sp³-hybridized carbons (Fsp3) is 0.471. The van der Waals surface area contributed by atoms with E-state index in [1.807, 2.05) is 12.1 Å². The Kier molecular flexibility index (Phi) is 3.12. The summed E-state index contributed by atoms with van der Waals surface area (Å²) in [7, 11) is 0. The zero-order valence-electron chi connectivity index (χ0n) is 12.8. The molecular formula is C17H19ClN4S.